The van der Waals surface area contributed by atoms with Gasteiger partial charge in [-0.05, 0) is 32.4 Å². The molecule has 2 rings (SSSR count). The number of amidine groups is 1. The molecule has 13 heteroatoms. The Morgan fingerprint density at radius 3 is 2.27 bits per heavy atom. The van der Waals surface area contributed by atoms with Gasteiger partial charge in [0.05, 0.1) is 29.4 Å². The molecule has 41 heavy (non-hydrogen) atoms. The van der Waals surface area contributed by atoms with Crippen LogP contribution in [0.5, 0.6) is 0 Å². The van der Waals surface area contributed by atoms with Crippen molar-refractivity contribution in [3.05, 3.63) is 59.8 Å². The fourth-order valence-electron chi connectivity index (χ4n) is 3.56. The summed E-state index contributed by atoms with van der Waals surface area (Å²) in [6.45, 7) is 8.63. The zero-order chi connectivity index (χ0) is 29.9. The van der Waals surface area contributed by atoms with Crippen LogP contribution in [-0.2, 0) is 25.7 Å². The molecule has 1 amide bonds. The number of carbonyl (C=O) groups is 1. The van der Waals surface area contributed by atoms with Crippen molar-refractivity contribution in [2.24, 2.45) is 16.3 Å². The number of hydrogen-bond donors (Lipinski definition) is 3. The van der Waals surface area contributed by atoms with Crippen LogP contribution in [0.1, 0.15) is 38.4 Å². The van der Waals surface area contributed by atoms with E-state index in [0.29, 0.717) is 49.9 Å². The Balaban J connectivity index is 2.09. The maximum atomic E-state index is 13.4. The Kier molecular flexibility index (Phi) is 16.7. The largest absolute Gasteiger partial charge is 0.389 e. The standard InChI is InChI=1S/C28H41N7O4S2/c1-5-23(28(40-18-16-37-6-2)41-19-17-38-7-3)27(36)32-24-15-11-14-22(31-24)20-39-33-25(26(29)35(4)34-30)21-12-9-8-10-13-21/h8-15,23,28-30H,5-7,16-20H2,1-4H3,(H,31,32,36). The molecule has 0 aliphatic carbocycles. The van der Waals surface area contributed by atoms with Gasteiger partial charge in [0.2, 0.25) is 5.91 Å². The molecule has 11 nitrogen and oxygen atoms in total. The van der Waals surface area contributed by atoms with Crippen LogP contribution in [-0.4, -0.2) is 77.0 Å². The molecule has 224 valence electrons. The number of benzene rings is 1. The Labute approximate surface area is 251 Å². The minimum absolute atomic E-state index is 0.0233. The number of anilines is 1. The normalized spacial score (nSPS) is 12.2. The van der Waals surface area contributed by atoms with Crippen molar-refractivity contribution >= 4 is 46.8 Å². The topological polar surface area (TPSA) is 145 Å². The van der Waals surface area contributed by atoms with Gasteiger partial charge in [-0.25, -0.2) is 9.99 Å². The average molecular weight is 604 g/mol. The van der Waals surface area contributed by atoms with Crippen molar-refractivity contribution in [3.8, 4) is 0 Å². The van der Waals surface area contributed by atoms with Crippen molar-refractivity contribution in [1.29, 1.82) is 10.9 Å². The molecule has 0 spiro atoms. The highest BCUT2D eigenvalue weighted by molar-refractivity contribution is 8.17. The molecule has 1 heterocycles. The van der Waals surface area contributed by atoms with Gasteiger partial charge in [-0.1, -0.05) is 53.7 Å². The van der Waals surface area contributed by atoms with Crippen molar-refractivity contribution < 1.29 is 19.1 Å². The number of nitrogens with zero attached hydrogens (tertiary/aromatic N) is 4. The number of nitrogens with one attached hydrogen (secondary N) is 3. The zero-order valence-electron chi connectivity index (χ0n) is 24.2. The Hall–Kier alpha value is -3.00. The van der Waals surface area contributed by atoms with Gasteiger partial charge in [0.15, 0.2) is 18.2 Å². The number of oxime groups is 1. The number of carbonyl (C=O) groups excluding carboxylic acids is 1. The first-order valence-electron chi connectivity index (χ1n) is 13.6. The molecule has 2 aromatic rings. The van der Waals surface area contributed by atoms with E-state index < -0.39 is 0 Å². The van der Waals surface area contributed by atoms with E-state index in [1.54, 1.807) is 53.9 Å². The smallest absolute Gasteiger partial charge is 0.230 e. The fraction of sp³-hybridized carbons (Fsp3) is 0.500. The van der Waals surface area contributed by atoms with E-state index in [-0.39, 0.29) is 34.6 Å². The van der Waals surface area contributed by atoms with Gasteiger partial charge in [0.1, 0.15) is 5.82 Å². The lowest BCUT2D eigenvalue weighted by Gasteiger charge is -2.25. The summed E-state index contributed by atoms with van der Waals surface area (Å²) in [6.07, 6.45) is 0.685. The van der Waals surface area contributed by atoms with Crippen LogP contribution < -0.4 is 5.32 Å². The zero-order valence-corrected chi connectivity index (χ0v) is 25.8. The van der Waals surface area contributed by atoms with E-state index in [1.165, 1.54) is 7.05 Å². The number of ether oxygens (including phenoxy) is 2. The lowest BCUT2D eigenvalue weighted by molar-refractivity contribution is -0.119. The summed E-state index contributed by atoms with van der Waals surface area (Å²) in [5, 5.41) is 19.8. The van der Waals surface area contributed by atoms with Crippen molar-refractivity contribution in [3.63, 3.8) is 0 Å². The first kappa shape index (κ1) is 34.2. The van der Waals surface area contributed by atoms with Crippen molar-refractivity contribution in [1.82, 2.24) is 9.99 Å². The molecule has 0 bridgehead atoms. The predicted molar refractivity (Wildman–Crippen MR) is 167 cm³/mol. The van der Waals surface area contributed by atoms with Crippen LogP contribution in [0.2, 0.25) is 0 Å². The molecule has 0 aliphatic heterocycles. The highest BCUT2D eigenvalue weighted by Gasteiger charge is 2.28. The second-order valence-corrected chi connectivity index (χ2v) is 11.4. The first-order chi connectivity index (χ1) is 19.9. The lowest BCUT2D eigenvalue weighted by atomic mass is 10.1. The molecule has 0 radical (unpaired) electrons. The van der Waals surface area contributed by atoms with Gasteiger partial charge >= 0.3 is 0 Å². The molecule has 3 N–H and O–H groups in total. The average Bonchev–Trinajstić information content (AvgIpc) is 2.99. The van der Waals surface area contributed by atoms with Crippen LogP contribution in [0.4, 0.5) is 5.82 Å². The van der Waals surface area contributed by atoms with E-state index in [9.17, 15) is 4.79 Å². The fourth-order valence-corrected chi connectivity index (χ4v) is 6.51. The molecule has 0 saturated carbocycles. The number of amides is 1. The Bertz CT molecular complexity index is 1100. The van der Waals surface area contributed by atoms with Gasteiger partial charge in [0.25, 0.3) is 0 Å². The van der Waals surface area contributed by atoms with Gasteiger partial charge in [-0.15, -0.1) is 23.5 Å². The molecule has 0 saturated heterocycles. The lowest BCUT2D eigenvalue weighted by Crippen LogP contribution is -2.30. The Morgan fingerprint density at radius 2 is 1.68 bits per heavy atom. The minimum atomic E-state index is -0.224. The third-order valence-corrected chi connectivity index (χ3v) is 8.64. The molecule has 1 atom stereocenters. The number of thioether (sulfide) groups is 2. The van der Waals surface area contributed by atoms with E-state index >= 15 is 0 Å². The molecule has 0 aliphatic rings. The van der Waals surface area contributed by atoms with Gasteiger partial charge < -0.3 is 19.6 Å². The van der Waals surface area contributed by atoms with Crippen LogP contribution in [0.25, 0.3) is 0 Å². The Morgan fingerprint density at radius 1 is 1.02 bits per heavy atom. The van der Waals surface area contributed by atoms with Crippen LogP contribution in [0, 0.1) is 16.9 Å². The summed E-state index contributed by atoms with van der Waals surface area (Å²) in [6, 6.07) is 14.4. The molecular formula is C28H41N7O4S2. The summed E-state index contributed by atoms with van der Waals surface area (Å²) < 4.78 is 11.1. The monoisotopic (exact) mass is 603 g/mol. The van der Waals surface area contributed by atoms with Crippen LogP contribution >= 0.6 is 23.5 Å². The van der Waals surface area contributed by atoms with E-state index in [2.05, 4.69) is 20.7 Å². The van der Waals surface area contributed by atoms with Crippen molar-refractivity contribution in [2.75, 3.05) is 50.3 Å². The summed E-state index contributed by atoms with van der Waals surface area (Å²) in [5.41, 5.74) is 8.66. The molecule has 1 unspecified atom stereocenters. The maximum Gasteiger partial charge on any atom is 0.230 e. The van der Waals surface area contributed by atoms with E-state index in [0.717, 1.165) is 16.5 Å². The maximum absolute atomic E-state index is 13.4. The highest BCUT2D eigenvalue weighted by Crippen LogP contribution is 2.33. The third-order valence-electron chi connectivity index (χ3n) is 5.70. The summed E-state index contributed by atoms with van der Waals surface area (Å²) >= 11 is 3.48. The van der Waals surface area contributed by atoms with Crippen LogP contribution in [0.3, 0.4) is 0 Å². The van der Waals surface area contributed by atoms with E-state index in [4.69, 9.17) is 25.3 Å². The van der Waals surface area contributed by atoms with Crippen molar-refractivity contribution in [2.45, 2.75) is 38.4 Å². The molecule has 0 fully saturated rings. The molecule has 1 aromatic heterocycles. The minimum Gasteiger partial charge on any atom is -0.389 e. The number of likely N-dealkylation sites (N-methyl/N-ethyl adjacent to an activating group) is 1. The number of rotatable bonds is 20. The first-order valence-corrected chi connectivity index (χ1v) is 15.7. The van der Waals surface area contributed by atoms with Gasteiger partial charge in [-0.3, -0.25) is 10.2 Å². The van der Waals surface area contributed by atoms with Crippen LogP contribution in [0.15, 0.2) is 58.9 Å². The second kappa shape index (κ2) is 20.0. The second-order valence-electron chi connectivity index (χ2n) is 8.57. The summed E-state index contributed by atoms with van der Waals surface area (Å²) in [5.74, 6) is 1.65. The highest BCUT2D eigenvalue weighted by atomic mass is 32.2. The molecule has 1 aromatic carbocycles. The van der Waals surface area contributed by atoms with Gasteiger partial charge in [-0.2, -0.15) is 5.53 Å². The number of hydrogen-bond acceptors (Lipinski definition) is 11. The number of pyridine rings is 1. The molecular weight excluding hydrogens is 562 g/mol. The third kappa shape index (κ3) is 12.2. The predicted octanol–water partition coefficient (Wildman–Crippen LogP) is 5.69. The SMILES string of the molecule is CCOCCSC(SCCOCC)C(CC)C(=O)Nc1cccc(CON=C(C(=N)N(C)N=N)c2ccccc2)n1. The number of aromatic nitrogens is 1. The van der Waals surface area contributed by atoms with E-state index in [1.807, 2.05) is 39.0 Å². The quantitative estimate of drug-likeness (QED) is 0.0437. The summed E-state index contributed by atoms with van der Waals surface area (Å²) in [4.78, 5) is 23.5. The summed E-state index contributed by atoms with van der Waals surface area (Å²) in [7, 11) is 1.49. The van der Waals surface area contributed by atoms with Gasteiger partial charge in [0, 0.05) is 37.3 Å².